The molecule has 2 aromatic rings. The lowest BCUT2D eigenvalue weighted by atomic mass is 9.89. The van der Waals surface area contributed by atoms with Crippen molar-refractivity contribution < 1.29 is 19.4 Å². The molecule has 120 valence electrons. The van der Waals surface area contributed by atoms with Gasteiger partial charge in [0, 0.05) is 23.9 Å². The summed E-state index contributed by atoms with van der Waals surface area (Å²) in [6.45, 7) is 1.94. The minimum atomic E-state index is -0.991. The summed E-state index contributed by atoms with van der Waals surface area (Å²) in [5.74, 6) is -0.446. The first-order valence-electron chi connectivity index (χ1n) is 7.27. The molecule has 1 heterocycles. The molecule has 0 aliphatic heterocycles. The molecule has 1 N–H and O–H groups in total. The summed E-state index contributed by atoms with van der Waals surface area (Å²) in [4.78, 5) is 20.2. The van der Waals surface area contributed by atoms with Crippen LogP contribution < -0.4 is 9.47 Å². The lowest BCUT2D eigenvalue weighted by molar-refractivity contribution is -0.140. The van der Waals surface area contributed by atoms with Crippen LogP contribution in [0, 0.1) is 6.92 Å². The summed E-state index contributed by atoms with van der Waals surface area (Å²) < 4.78 is 10.3. The lowest BCUT2D eigenvalue weighted by Crippen LogP contribution is -2.23. The van der Waals surface area contributed by atoms with Gasteiger partial charge in [-0.25, -0.2) is 9.97 Å². The van der Waals surface area contributed by atoms with E-state index in [-0.39, 0.29) is 11.9 Å². The van der Waals surface area contributed by atoms with Gasteiger partial charge in [-0.1, -0.05) is 17.7 Å². The zero-order chi connectivity index (χ0) is 16.6. The number of rotatable bonds is 5. The standard InChI is InChI=1S/C17H18N2O4/c1-10-4-5-14(22-2)12(6-10)17(15(20)21)7-13(17)11-8-18-16(23-3)19-9-11/h4-6,8-9,13H,7H2,1-3H3,(H,20,21). The van der Waals surface area contributed by atoms with Crippen LogP contribution in [-0.4, -0.2) is 35.3 Å². The van der Waals surface area contributed by atoms with Gasteiger partial charge < -0.3 is 14.6 Å². The number of aliphatic carboxylic acids is 1. The van der Waals surface area contributed by atoms with Crippen LogP contribution in [0.25, 0.3) is 0 Å². The number of methoxy groups -OCH3 is 2. The highest BCUT2D eigenvalue weighted by Gasteiger charge is 2.63. The third-order valence-corrected chi connectivity index (χ3v) is 4.41. The number of carbonyl (C=O) groups is 1. The minimum absolute atomic E-state index is 0.179. The smallest absolute Gasteiger partial charge is 0.316 e. The molecule has 6 nitrogen and oxygen atoms in total. The predicted octanol–water partition coefficient (Wildman–Crippen LogP) is 2.31. The van der Waals surface area contributed by atoms with E-state index in [0.717, 1.165) is 11.1 Å². The molecule has 1 aliphatic rings. The van der Waals surface area contributed by atoms with E-state index >= 15 is 0 Å². The first-order valence-corrected chi connectivity index (χ1v) is 7.27. The maximum atomic E-state index is 12.0. The molecule has 0 saturated heterocycles. The summed E-state index contributed by atoms with van der Waals surface area (Å²) >= 11 is 0. The Labute approximate surface area is 134 Å². The number of carboxylic acid groups (broad SMARTS) is 1. The summed E-state index contributed by atoms with van der Waals surface area (Å²) in [5, 5.41) is 9.88. The second-order valence-electron chi connectivity index (χ2n) is 5.74. The van der Waals surface area contributed by atoms with E-state index in [2.05, 4.69) is 9.97 Å². The summed E-state index contributed by atoms with van der Waals surface area (Å²) in [6, 6.07) is 5.88. The predicted molar refractivity (Wildman–Crippen MR) is 83.0 cm³/mol. The van der Waals surface area contributed by atoms with Crippen LogP contribution >= 0.6 is 0 Å². The van der Waals surface area contributed by atoms with E-state index in [1.54, 1.807) is 19.5 Å². The molecule has 6 heteroatoms. The summed E-state index contributed by atoms with van der Waals surface area (Å²) in [5.41, 5.74) is 1.50. The molecule has 0 spiro atoms. The molecule has 0 amide bonds. The maximum Gasteiger partial charge on any atom is 0.316 e. The highest BCUT2D eigenvalue weighted by molar-refractivity contribution is 5.89. The number of benzene rings is 1. The van der Waals surface area contributed by atoms with Gasteiger partial charge in [-0.15, -0.1) is 0 Å². The van der Waals surface area contributed by atoms with Crippen LogP contribution in [0.1, 0.15) is 29.0 Å². The van der Waals surface area contributed by atoms with Gasteiger partial charge in [0.15, 0.2) is 0 Å². The van der Waals surface area contributed by atoms with Gasteiger partial charge in [-0.3, -0.25) is 4.79 Å². The average molecular weight is 314 g/mol. The molecule has 1 aromatic heterocycles. The SMILES string of the molecule is COc1ncc(C2CC2(C(=O)O)c2cc(C)ccc2OC)cn1. The number of carboxylic acids is 1. The number of aryl methyl sites for hydroxylation is 1. The van der Waals surface area contributed by atoms with Gasteiger partial charge in [-0.2, -0.15) is 0 Å². The van der Waals surface area contributed by atoms with Crippen LogP contribution in [-0.2, 0) is 10.2 Å². The van der Waals surface area contributed by atoms with Crippen LogP contribution in [0.3, 0.4) is 0 Å². The van der Waals surface area contributed by atoms with E-state index in [1.807, 2.05) is 25.1 Å². The Morgan fingerprint density at radius 3 is 2.52 bits per heavy atom. The van der Waals surface area contributed by atoms with Crippen molar-refractivity contribution in [1.29, 1.82) is 0 Å². The fourth-order valence-corrected chi connectivity index (χ4v) is 3.10. The molecular formula is C17H18N2O4. The molecule has 1 aliphatic carbocycles. The number of hydrogen-bond donors (Lipinski definition) is 1. The third kappa shape index (κ3) is 2.40. The van der Waals surface area contributed by atoms with E-state index in [9.17, 15) is 9.90 Å². The van der Waals surface area contributed by atoms with Crippen LogP contribution in [0.5, 0.6) is 11.8 Å². The molecule has 1 saturated carbocycles. The third-order valence-electron chi connectivity index (χ3n) is 4.41. The number of aromatic nitrogens is 2. The summed E-state index contributed by atoms with van der Waals surface area (Å²) in [6.07, 6.45) is 3.75. The molecule has 0 radical (unpaired) electrons. The Morgan fingerprint density at radius 2 is 1.96 bits per heavy atom. The van der Waals surface area contributed by atoms with Crippen molar-refractivity contribution in [1.82, 2.24) is 9.97 Å². The zero-order valence-corrected chi connectivity index (χ0v) is 13.2. The number of hydrogen-bond acceptors (Lipinski definition) is 5. The van der Waals surface area contributed by atoms with Crippen molar-refractivity contribution in [2.45, 2.75) is 24.7 Å². The monoisotopic (exact) mass is 314 g/mol. The van der Waals surface area contributed by atoms with Gasteiger partial charge in [0.25, 0.3) is 0 Å². The van der Waals surface area contributed by atoms with Crippen LogP contribution in [0.4, 0.5) is 0 Å². The molecule has 0 bridgehead atoms. The normalized spacial score (nSPS) is 22.5. The molecule has 1 aromatic carbocycles. The quantitative estimate of drug-likeness (QED) is 0.912. The number of nitrogens with zero attached hydrogens (tertiary/aromatic N) is 2. The molecule has 23 heavy (non-hydrogen) atoms. The van der Waals surface area contributed by atoms with Crippen molar-refractivity contribution in [3.8, 4) is 11.8 Å². The first-order chi connectivity index (χ1) is 11.0. The highest BCUT2D eigenvalue weighted by atomic mass is 16.5. The van der Waals surface area contributed by atoms with E-state index in [0.29, 0.717) is 17.7 Å². The van der Waals surface area contributed by atoms with Gasteiger partial charge in [0.05, 0.1) is 14.2 Å². The summed E-state index contributed by atoms with van der Waals surface area (Å²) in [7, 11) is 3.04. The Hall–Kier alpha value is -2.63. The average Bonchev–Trinajstić information content (AvgIpc) is 3.32. The fraction of sp³-hybridized carbons (Fsp3) is 0.353. The highest BCUT2D eigenvalue weighted by Crippen LogP contribution is 2.62. The van der Waals surface area contributed by atoms with Crippen molar-refractivity contribution in [3.63, 3.8) is 0 Å². The molecule has 2 unspecified atom stereocenters. The molecular weight excluding hydrogens is 296 g/mol. The van der Waals surface area contributed by atoms with Gasteiger partial charge in [0.1, 0.15) is 11.2 Å². The van der Waals surface area contributed by atoms with Crippen LogP contribution in [0.15, 0.2) is 30.6 Å². The first kappa shape index (κ1) is 15.3. The van der Waals surface area contributed by atoms with Crippen molar-refractivity contribution in [2.75, 3.05) is 14.2 Å². The largest absolute Gasteiger partial charge is 0.496 e. The second kappa shape index (κ2) is 5.53. The Kier molecular flexibility index (Phi) is 3.67. The van der Waals surface area contributed by atoms with Crippen LogP contribution in [0.2, 0.25) is 0 Å². The zero-order valence-electron chi connectivity index (χ0n) is 13.2. The number of ether oxygens (including phenoxy) is 2. The van der Waals surface area contributed by atoms with Gasteiger partial charge >= 0.3 is 12.0 Å². The van der Waals surface area contributed by atoms with Crippen molar-refractivity contribution in [2.24, 2.45) is 0 Å². The minimum Gasteiger partial charge on any atom is -0.496 e. The van der Waals surface area contributed by atoms with E-state index in [1.165, 1.54) is 7.11 Å². The second-order valence-corrected chi connectivity index (χ2v) is 5.74. The Morgan fingerprint density at radius 1 is 1.26 bits per heavy atom. The van der Waals surface area contributed by atoms with Crippen molar-refractivity contribution in [3.05, 3.63) is 47.3 Å². The Bertz CT molecular complexity index is 745. The van der Waals surface area contributed by atoms with Gasteiger partial charge in [0.2, 0.25) is 0 Å². The maximum absolute atomic E-state index is 12.0. The van der Waals surface area contributed by atoms with E-state index < -0.39 is 11.4 Å². The van der Waals surface area contributed by atoms with Crippen molar-refractivity contribution >= 4 is 5.97 Å². The molecule has 3 rings (SSSR count). The van der Waals surface area contributed by atoms with E-state index in [4.69, 9.17) is 9.47 Å². The fourth-order valence-electron chi connectivity index (χ4n) is 3.10. The lowest BCUT2D eigenvalue weighted by Gasteiger charge is -2.17. The topological polar surface area (TPSA) is 81.5 Å². The Balaban J connectivity index is 2.03. The van der Waals surface area contributed by atoms with Gasteiger partial charge in [-0.05, 0) is 25.0 Å². The molecule has 2 atom stereocenters. The molecule has 1 fully saturated rings.